The Morgan fingerprint density at radius 3 is 2.92 bits per heavy atom. The zero-order valence-corrected chi connectivity index (χ0v) is 14.7. The van der Waals surface area contributed by atoms with E-state index in [9.17, 15) is 4.79 Å². The second-order valence-electron chi connectivity index (χ2n) is 4.89. The van der Waals surface area contributed by atoms with Gasteiger partial charge < -0.3 is 10.1 Å². The molecule has 0 aliphatic carbocycles. The fraction of sp³-hybridized carbons (Fsp3) is 0.200. The highest BCUT2D eigenvalue weighted by Gasteiger charge is 2.15. The Morgan fingerprint density at radius 1 is 1.33 bits per heavy atom. The van der Waals surface area contributed by atoms with Crippen LogP contribution in [0.4, 0.5) is 14.9 Å². The molecule has 0 atom stereocenters. The lowest BCUT2D eigenvalue weighted by Crippen LogP contribution is -2.17. The Bertz CT molecular complexity index is 832. The molecular formula is C15H15N5O2S2. The zero-order valence-electron chi connectivity index (χ0n) is 13.1. The van der Waals surface area contributed by atoms with Gasteiger partial charge in [-0.25, -0.2) is 14.8 Å². The largest absolute Gasteiger partial charge is 0.420 e. The van der Waals surface area contributed by atoms with Crippen molar-refractivity contribution < 1.29 is 9.53 Å². The molecular weight excluding hydrogens is 346 g/mol. The third-order valence-corrected chi connectivity index (χ3v) is 4.68. The number of amides is 1. The molecule has 0 spiro atoms. The molecule has 3 aromatic rings. The molecule has 9 heteroatoms. The average molecular weight is 361 g/mol. The summed E-state index contributed by atoms with van der Waals surface area (Å²) in [4.78, 5) is 24.5. The molecule has 3 aromatic heterocycles. The number of anilines is 2. The smallest absolute Gasteiger partial charge is 0.388 e. The van der Waals surface area contributed by atoms with Crippen molar-refractivity contribution in [3.8, 4) is 5.88 Å². The predicted octanol–water partition coefficient (Wildman–Crippen LogP) is 3.83. The van der Waals surface area contributed by atoms with Crippen LogP contribution in [-0.2, 0) is 6.54 Å². The van der Waals surface area contributed by atoms with Gasteiger partial charge in [0.05, 0.1) is 10.7 Å². The third kappa shape index (κ3) is 4.27. The molecule has 0 radical (unpaired) electrons. The van der Waals surface area contributed by atoms with Gasteiger partial charge >= 0.3 is 6.09 Å². The fourth-order valence-corrected chi connectivity index (χ4v) is 3.30. The van der Waals surface area contributed by atoms with Crippen LogP contribution in [0.25, 0.3) is 0 Å². The lowest BCUT2D eigenvalue weighted by atomic mass is 10.3. The quantitative estimate of drug-likeness (QED) is 0.718. The number of nitrogens with zero attached hydrogens (tertiary/aromatic N) is 3. The van der Waals surface area contributed by atoms with E-state index < -0.39 is 6.09 Å². The molecule has 0 aliphatic heterocycles. The van der Waals surface area contributed by atoms with Gasteiger partial charge in [-0.05, 0) is 25.5 Å². The van der Waals surface area contributed by atoms with Crippen LogP contribution < -0.4 is 15.4 Å². The molecule has 1 amide bonds. The lowest BCUT2D eigenvalue weighted by Gasteiger charge is -2.06. The van der Waals surface area contributed by atoms with Crippen LogP contribution in [0.2, 0.25) is 0 Å². The summed E-state index contributed by atoms with van der Waals surface area (Å²) in [6, 6.07) is 3.84. The Labute approximate surface area is 146 Å². The predicted molar refractivity (Wildman–Crippen MR) is 94.9 cm³/mol. The number of ether oxygens (including phenoxy) is 1. The Hall–Kier alpha value is -2.52. The molecule has 3 heterocycles. The molecule has 7 nitrogen and oxygen atoms in total. The van der Waals surface area contributed by atoms with Gasteiger partial charge in [0, 0.05) is 24.3 Å². The molecule has 0 bridgehead atoms. The van der Waals surface area contributed by atoms with Gasteiger partial charge in [0.2, 0.25) is 0 Å². The van der Waals surface area contributed by atoms with Crippen LogP contribution in [0.1, 0.15) is 16.3 Å². The number of carbonyl (C=O) groups is 1. The number of hydrogen-bond acceptors (Lipinski definition) is 8. The summed E-state index contributed by atoms with van der Waals surface area (Å²) in [6.07, 6.45) is 2.89. The number of nitrogens with one attached hydrogen (secondary N) is 2. The van der Waals surface area contributed by atoms with Gasteiger partial charge in [0.25, 0.3) is 5.88 Å². The summed E-state index contributed by atoms with van der Waals surface area (Å²) < 4.78 is 5.31. The second kappa shape index (κ2) is 7.37. The Balaban J connectivity index is 1.64. The Morgan fingerprint density at radius 2 is 2.21 bits per heavy atom. The van der Waals surface area contributed by atoms with Crippen LogP contribution in [0, 0.1) is 13.8 Å². The van der Waals surface area contributed by atoms with Gasteiger partial charge in [0.15, 0.2) is 10.1 Å². The highest BCUT2D eigenvalue weighted by atomic mass is 32.1. The first-order valence-electron chi connectivity index (χ1n) is 7.11. The topological polar surface area (TPSA) is 89.0 Å². The first kappa shape index (κ1) is 16.3. The van der Waals surface area contributed by atoms with Crippen LogP contribution in [0.15, 0.2) is 29.9 Å². The van der Waals surface area contributed by atoms with Crippen molar-refractivity contribution in [2.45, 2.75) is 20.4 Å². The van der Waals surface area contributed by atoms with E-state index in [2.05, 4.69) is 25.6 Å². The van der Waals surface area contributed by atoms with E-state index in [1.54, 1.807) is 12.4 Å². The fourth-order valence-electron chi connectivity index (χ4n) is 1.89. The number of rotatable bonds is 5. The van der Waals surface area contributed by atoms with E-state index in [0.29, 0.717) is 16.7 Å². The summed E-state index contributed by atoms with van der Waals surface area (Å²) in [5.74, 6) is 0.257. The maximum Gasteiger partial charge on any atom is 0.420 e. The van der Waals surface area contributed by atoms with Gasteiger partial charge in [-0.3, -0.25) is 10.3 Å². The van der Waals surface area contributed by atoms with Crippen molar-refractivity contribution >= 4 is 38.9 Å². The molecule has 0 unspecified atom stereocenters. The summed E-state index contributed by atoms with van der Waals surface area (Å²) in [5, 5.41) is 9.66. The molecule has 0 aromatic carbocycles. The summed E-state index contributed by atoms with van der Waals surface area (Å²) in [6.45, 7) is 4.28. The molecule has 0 saturated heterocycles. The summed E-state index contributed by atoms with van der Waals surface area (Å²) in [7, 11) is 0. The zero-order chi connectivity index (χ0) is 16.9. The number of hydrogen-bond donors (Lipinski definition) is 2. The third-order valence-electron chi connectivity index (χ3n) is 2.90. The van der Waals surface area contributed by atoms with Crippen molar-refractivity contribution in [1.29, 1.82) is 0 Å². The van der Waals surface area contributed by atoms with Gasteiger partial charge in [-0.1, -0.05) is 17.4 Å². The van der Waals surface area contributed by atoms with Crippen molar-refractivity contribution in [3.05, 3.63) is 46.2 Å². The van der Waals surface area contributed by atoms with E-state index >= 15 is 0 Å². The molecule has 3 rings (SSSR count). The minimum absolute atomic E-state index is 0.257. The first-order valence-corrected chi connectivity index (χ1v) is 8.81. The molecule has 0 aliphatic rings. The monoisotopic (exact) mass is 361 g/mol. The van der Waals surface area contributed by atoms with E-state index in [1.165, 1.54) is 22.7 Å². The van der Waals surface area contributed by atoms with Crippen LogP contribution >= 0.6 is 22.7 Å². The normalized spacial score (nSPS) is 10.4. The molecule has 124 valence electrons. The van der Waals surface area contributed by atoms with Crippen LogP contribution in [-0.4, -0.2) is 21.0 Å². The van der Waals surface area contributed by atoms with E-state index in [-0.39, 0.29) is 5.88 Å². The number of carbonyl (C=O) groups excluding carboxylic acids is 1. The van der Waals surface area contributed by atoms with E-state index in [1.807, 2.05) is 31.4 Å². The maximum atomic E-state index is 12.0. The van der Waals surface area contributed by atoms with Crippen molar-refractivity contribution in [2.75, 3.05) is 10.6 Å². The van der Waals surface area contributed by atoms with Crippen molar-refractivity contribution in [1.82, 2.24) is 15.0 Å². The maximum absolute atomic E-state index is 12.0. The van der Waals surface area contributed by atoms with Crippen LogP contribution in [0.3, 0.4) is 0 Å². The van der Waals surface area contributed by atoms with Gasteiger partial charge in [0.1, 0.15) is 0 Å². The van der Waals surface area contributed by atoms with Crippen molar-refractivity contribution in [2.24, 2.45) is 0 Å². The molecule has 0 saturated carbocycles. The molecule has 0 fully saturated rings. The van der Waals surface area contributed by atoms with E-state index in [0.717, 1.165) is 16.3 Å². The lowest BCUT2D eigenvalue weighted by molar-refractivity contribution is 0.214. The number of aryl methyl sites for hydroxylation is 2. The molecule has 24 heavy (non-hydrogen) atoms. The number of aromatic nitrogens is 3. The summed E-state index contributed by atoms with van der Waals surface area (Å²) >= 11 is 2.77. The highest BCUT2D eigenvalue weighted by molar-refractivity contribution is 7.16. The summed E-state index contributed by atoms with van der Waals surface area (Å²) in [5.41, 5.74) is 1.87. The van der Waals surface area contributed by atoms with E-state index in [4.69, 9.17) is 4.74 Å². The average Bonchev–Trinajstić information content (AvgIpc) is 3.11. The second-order valence-corrected chi connectivity index (χ2v) is 6.95. The van der Waals surface area contributed by atoms with Gasteiger partial charge in [-0.2, -0.15) is 0 Å². The number of pyridine rings is 1. The standard InChI is InChI=1S/C15H15N5O2S2/c1-9-8-23-14(18-9)20-15(21)22-12-13(24-10(2)19-12)17-7-11-4-3-5-16-6-11/h3-6,8,17H,7H2,1-2H3,(H,18,20,21). The van der Waals surface area contributed by atoms with Gasteiger partial charge in [-0.15, -0.1) is 11.3 Å². The SMILES string of the molecule is Cc1csc(NC(=O)Oc2nc(C)sc2NCc2cccnc2)n1. The van der Waals surface area contributed by atoms with Crippen molar-refractivity contribution in [3.63, 3.8) is 0 Å². The minimum Gasteiger partial charge on any atom is -0.388 e. The number of thiazole rings is 2. The minimum atomic E-state index is -0.612. The highest BCUT2D eigenvalue weighted by Crippen LogP contribution is 2.31. The first-order chi connectivity index (χ1) is 11.6. The van der Waals surface area contributed by atoms with Crippen LogP contribution in [0.5, 0.6) is 5.88 Å². The Kier molecular flexibility index (Phi) is 5.02. The molecule has 2 N–H and O–H groups in total.